The van der Waals surface area contributed by atoms with Gasteiger partial charge >= 0.3 is 0 Å². The molecule has 5 rings (SSSR count). The van der Waals surface area contributed by atoms with Gasteiger partial charge in [0.05, 0.1) is 0 Å². The van der Waals surface area contributed by atoms with Crippen LogP contribution in [0.3, 0.4) is 0 Å². The van der Waals surface area contributed by atoms with Crippen LogP contribution in [0, 0.1) is 0 Å². The van der Waals surface area contributed by atoms with E-state index in [-0.39, 0.29) is 24.1 Å². The summed E-state index contributed by atoms with van der Waals surface area (Å²) in [6, 6.07) is 16.1. The van der Waals surface area contributed by atoms with Crippen LogP contribution in [0.15, 0.2) is 48.5 Å². The molecule has 0 aromatic heterocycles. The summed E-state index contributed by atoms with van der Waals surface area (Å²) in [5.41, 5.74) is 4.04. The maximum Gasteiger partial charge on any atom is 0.255 e. The highest BCUT2D eigenvalue weighted by atomic mass is 16.2. The molecule has 2 aromatic rings. The average Bonchev–Trinajstić information content (AvgIpc) is 3.18. The summed E-state index contributed by atoms with van der Waals surface area (Å²) in [6.07, 6.45) is 0.643. The highest BCUT2D eigenvalue weighted by molar-refractivity contribution is 6.05. The van der Waals surface area contributed by atoms with Crippen molar-refractivity contribution >= 4 is 17.7 Å². The first kappa shape index (κ1) is 22.7. The molecule has 3 heterocycles. The lowest BCUT2D eigenvalue weighted by molar-refractivity contribution is -0.136. The highest BCUT2D eigenvalue weighted by Gasteiger charge is 2.39. The van der Waals surface area contributed by atoms with E-state index in [0.29, 0.717) is 31.1 Å². The van der Waals surface area contributed by atoms with Crippen molar-refractivity contribution in [3.05, 3.63) is 70.8 Å². The minimum atomic E-state index is -0.585. The molecule has 8 nitrogen and oxygen atoms in total. The number of nitrogens with one attached hydrogen (secondary N) is 3. The smallest absolute Gasteiger partial charge is 0.255 e. The van der Waals surface area contributed by atoms with Crippen molar-refractivity contribution in [1.82, 2.24) is 25.8 Å². The normalized spacial score (nSPS) is 23.2. The maximum atomic E-state index is 13.0. The quantitative estimate of drug-likeness (QED) is 0.533. The Hall–Kier alpha value is -3.07. The second-order valence-corrected chi connectivity index (χ2v) is 9.29. The molecule has 178 valence electrons. The van der Waals surface area contributed by atoms with E-state index in [9.17, 15) is 14.4 Å². The third kappa shape index (κ3) is 4.75. The fourth-order valence-corrected chi connectivity index (χ4v) is 5.22. The number of piperazine rings is 1. The first-order valence-electron chi connectivity index (χ1n) is 12.0. The van der Waals surface area contributed by atoms with Crippen LogP contribution >= 0.6 is 0 Å². The van der Waals surface area contributed by atoms with Gasteiger partial charge in [0.1, 0.15) is 6.04 Å². The molecule has 2 saturated heterocycles. The molecule has 8 heteroatoms. The molecule has 2 unspecified atom stereocenters. The SMILES string of the molecule is O=C1CCC(N2Cc3c(CNCC4CNCCN4Cc4ccccc4)cccc3C2=O)C(=O)N1. The van der Waals surface area contributed by atoms with Crippen LogP contribution in [-0.2, 0) is 29.2 Å². The third-order valence-corrected chi connectivity index (χ3v) is 7.08. The number of imide groups is 1. The second-order valence-electron chi connectivity index (χ2n) is 9.29. The maximum absolute atomic E-state index is 13.0. The summed E-state index contributed by atoms with van der Waals surface area (Å²) >= 11 is 0. The molecular weight excluding hydrogens is 430 g/mol. The van der Waals surface area contributed by atoms with Crippen LogP contribution in [0.2, 0.25) is 0 Å². The Kier molecular flexibility index (Phi) is 6.71. The van der Waals surface area contributed by atoms with Gasteiger partial charge in [-0.15, -0.1) is 0 Å². The summed E-state index contributed by atoms with van der Waals surface area (Å²) in [4.78, 5) is 41.0. The molecule has 2 aromatic carbocycles. The topological polar surface area (TPSA) is 93.8 Å². The number of hydrogen-bond donors (Lipinski definition) is 3. The van der Waals surface area contributed by atoms with Crippen molar-refractivity contribution in [2.24, 2.45) is 0 Å². The lowest BCUT2D eigenvalue weighted by Gasteiger charge is -2.36. The van der Waals surface area contributed by atoms with Crippen LogP contribution < -0.4 is 16.0 Å². The number of carbonyl (C=O) groups excluding carboxylic acids is 3. The molecule has 3 aliphatic heterocycles. The van der Waals surface area contributed by atoms with Crippen LogP contribution in [-0.4, -0.2) is 65.8 Å². The molecule has 0 radical (unpaired) electrons. The predicted octanol–water partition coefficient (Wildman–Crippen LogP) is 1.01. The molecule has 0 spiro atoms. The van der Waals surface area contributed by atoms with Crippen LogP contribution in [0.4, 0.5) is 0 Å². The molecule has 3 aliphatic rings. The highest BCUT2D eigenvalue weighted by Crippen LogP contribution is 2.29. The van der Waals surface area contributed by atoms with Crippen molar-refractivity contribution in [1.29, 1.82) is 0 Å². The Morgan fingerprint density at radius 2 is 1.88 bits per heavy atom. The van der Waals surface area contributed by atoms with Gasteiger partial charge < -0.3 is 15.5 Å². The van der Waals surface area contributed by atoms with Crippen molar-refractivity contribution in [3.63, 3.8) is 0 Å². The van der Waals surface area contributed by atoms with Gasteiger partial charge in [-0.2, -0.15) is 0 Å². The van der Waals surface area contributed by atoms with Crippen molar-refractivity contribution in [3.8, 4) is 0 Å². The van der Waals surface area contributed by atoms with Crippen molar-refractivity contribution in [2.45, 2.75) is 44.6 Å². The number of nitrogens with zero attached hydrogens (tertiary/aromatic N) is 2. The second kappa shape index (κ2) is 10.0. The zero-order valence-electron chi connectivity index (χ0n) is 19.3. The number of amides is 3. The van der Waals surface area contributed by atoms with E-state index in [1.807, 2.05) is 24.3 Å². The van der Waals surface area contributed by atoms with E-state index in [1.165, 1.54) is 5.56 Å². The lowest BCUT2D eigenvalue weighted by Crippen LogP contribution is -2.54. The van der Waals surface area contributed by atoms with E-state index in [2.05, 4.69) is 45.1 Å². The lowest BCUT2D eigenvalue weighted by atomic mass is 10.0. The number of carbonyl (C=O) groups is 3. The van der Waals surface area contributed by atoms with Crippen LogP contribution in [0.25, 0.3) is 0 Å². The fourth-order valence-electron chi connectivity index (χ4n) is 5.22. The minimum Gasteiger partial charge on any atom is -0.322 e. The van der Waals surface area contributed by atoms with E-state index in [1.54, 1.807) is 4.90 Å². The first-order chi connectivity index (χ1) is 16.6. The average molecular weight is 462 g/mol. The Bertz CT molecular complexity index is 1070. The molecule has 0 bridgehead atoms. The predicted molar refractivity (Wildman–Crippen MR) is 128 cm³/mol. The Morgan fingerprint density at radius 3 is 2.71 bits per heavy atom. The fraction of sp³-hybridized carbons (Fsp3) is 0.423. The van der Waals surface area contributed by atoms with Gasteiger partial charge in [-0.1, -0.05) is 42.5 Å². The van der Waals surface area contributed by atoms with E-state index in [4.69, 9.17) is 0 Å². The van der Waals surface area contributed by atoms with Crippen molar-refractivity contribution in [2.75, 3.05) is 26.2 Å². The Labute approximate surface area is 199 Å². The number of fused-ring (bicyclic) bond motifs is 1. The number of hydrogen-bond acceptors (Lipinski definition) is 6. The van der Waals surface area contributed by atoms with Crippen molar-refractivity contribution < 1.29 is 14.4 Å². The molecule has 2 atom stereocenters. The van der Waals surface area contributed by atoms with E-state index in [0.717, 1.165) is 43.9 Å². The zero-order chi connectivity index (χ0) is 23.5. The third-order valence-electron chi connectivity index (χ3n) is 7.08. The summed E-state index contributed by atoms with van der Waals surface area (Å²) in [7, 11) is 0. The number of benzene rings is 2. The molecule has 3 amide bonds. The Balaban J connectivity index is 1.22. The number of rotatable bonds is 7. The molecule has 0 aliphatic carbocycles. The van der Waals surface area contributed by atoms with Crippen LogP contribution in [0.1, 0.15) is 39.9 Å². The summed E-state index contributed by atoms with van der Waals surface area (Å²) in [5, 5.41) is 9.47. The van der Waals surface area contributed by atoms with Gasteiger partial charge in [0, 0.05) is 63.8 Å². The molecule has 2 fully saturated rings. The van der Waals surface area contributed by atoms with Gasteiger partial charge in [-0.3, -0.25) is 24.6 Å². The van der Waals surface area contributed by atoms with E-state index >= 15 is 0 Å². The zero-order valence-corrected chi connectivity index (χ0v) is 19.3. The summed E-state index contributed by atoms with van der Waals surface area (Å²) < 4.78 is 0. The monoisotopic (exact) mass is 461 g/mol. The molecule has 3 N–H and O–H groups in total. The summed E-state index contributed by atoms with van der Waals surface area (Å²) in [6.45, 7) is 5.79. The van der Waals surface area contributed by atoms with Gasteiger partial charge in [-0.05, 0) is 29.2 Å². The van der Waals surface area contributed by atoms with Gasteiger partial charge in [-0.25, -0.2) is 0 Å². The minimum absolute atomic E-state index is 0.128. The standard InChI is InChI=1S/C26H31N5O3/c32-24-10-9-23(25(33)29-24)31-17-22-19(7-4-8-21(22)26(31)34)13-28-15-20-14-27-11-12-30(20)16-18-5-2-1-3-6-18/h1-8,20,23,27-28H,9-17H2,(H,29,32,33). The molecular formula is C26H31N5O3. The van der Waals surface area contributed by atoms with E-state index < -0.39 is 6.04 Å². The Morgan fingerprint density at radius 1 is 1.03 bits per heavy atom. The van der Waals surface area contributed by atoms with Gasteiger partial charge in [0.2, 0.25) is 11.8 Å². The van der Waals surface area contributed by atoms with Gasteiger partial charge in [0.15, 0.2) is 0 Å². The van der Waals surface area contributed by atoms with Crippen LogP contribution in [0.5, 0.6) is 0 Å². The molecule has 34 heavy (non-hydrogen) atoms. The number of piperidine rings is 1. The summed E-state index contributed by atoms with van der Waals surface area (Å²) in [5.74, 6) is -0.772. The first-order valence-corrected chi connectivity index (χ1v) is 12.0. The largest absolute Gasteiger partial charge is 0.322 e. The molecule has 0 saturated carbocycles. The van der Waals surface area contributed by atoms with Gasteiger partial charge in [0.25, 0.3) is 5.91 Å².